The van der Waals surface area contributed by atoms with Crippen LogP contribution in [-0.4, -0.2) is 6.54 Å². The van der Waals surface area contributed by atoms with Crippen molar-refractivity contribution in [3.63, 3.8) is 0 Å². The molecule has 0 aliphatic carbocycles. The van der Waals surface area contributed by atoms with Crippen molar-refractivity contribution in [2.75, 3.05) is 6.54 Å². The average Bonchev–Trinajstić information content (AvgIpc) is 1.92. The van der Waals surface area contributed by atoms with Crippen molar-refractivity contribution in [1.82, 2.24) is 0 Å². The molecule has 0 unspecified atom stereocenters. The normalized spacial score (nSPS) is 13.7. The maximum Gasteiger partial charge on any atom is -0.00457 e. The lowest BCUT2D eigenvalue weighted by atomic mass is 9.65. The summed E-state index contributed by atoms with van der Waals surface area (Å²) >= 11 is 0. The molecule has 0 rings (SSSR count). The van der Waals surface area contributed by atoms with E-state index in [2.05, 4.69) is 48.0 Å². The lowest BCUT2D eigenvalue weighted by molar-refractivity contribution is 0.262. The summed E-state index contributed by atoms with van der Waals surface area (Å²) in [5, 5.41) is 0. The third-order valence-corrected chi connectivity index (χ3v) is 2.58. The summed E-state index contributed by atoms with van der Waals surface area (Å²) in [7, 11) is 0. The molecule has 2 radical (unpaired) electrons. The van der Waals surface area contributed by atoms with Gasteiger partial charge in [0.25, 0.3) is 0 Å². The second kappa shape index (κ2) is 5.16. The topological polar surface area (TPSA) is 26.0 Å². The van der Waals surface area contributed by atoms with E-state index in [4.69, 9.17) is 5.73 Å². The first kappa shape index (κ1) is 14.0. The van der Waals surface area contributed by atoms with Gasteiger partial charge in [0.15, 0.2) is 0 Å². The van der Waals surface area contributed by atoms with E-state index in [9.17, 15) is 0 Å². The Morgan fingerprint density at radius 1 is 1.00 bits per heavy atom. The van der Waals surface area contributed by atoms with Crippen LogP contribution in [0.5, 0.6) is 0 Å². The lowest BCUT2D eigenvalue weighted by Gasteiger charge is -2.40. The molecule has 84 valence electrons. The SMILES string of the molecule is CC(C)(C)[C](CC[CH]CN)C(C)(C)C. The number of nitrogens with two attached hydrogens (primary N) is 1. The number of hydrogen-bond donors (Lipinski definition) is 1. The van der Waals surface area contributed by atoms with Gasteiger partial charge in [-0.2, -0.15) is 0 Å². The Labute approximate surface area is 90.5 Å². The monoisotopic (exact) mass is 197 g/mol. The van der Waals surface area contributed by atoms with E-state index >= 15 is 0 Å². The van der Waals surface area contributed by atoms with Gasteiger partial charge >= 0.3 is 0 Å². The summed E-state index contributed by atoms with van der Waals surface area (Å²) in [6, 6.07) is 0. The van der Waals surface area contributed by atoms with Crippen molar-refractivity contribution in [3.05, 3.63) is 12.3 Å². The van der Waals surface area contributed by atoms with Crippen LogP contribution in [0.1, 0.15) is 54.4 Å². The lowest BCUT2D eigenvalue weighted by Crippen LogP contribution is -2.30. The highest BCUT2D eigenvalue weighted by Crippen LogP contribution is 2.44. The molecule has 1 nitrogen and oxygen atoms in total. The largest absolute Gasteiger partial charge is 0.330 e. The number of unbranched alkanes of at least 4 members (excludes halogenated alkanes) is 1. The minimum absolute atomic E-state index is 0.306. The summed E-state index contributed by atoms with van der Waals surface area (Å²) in [4.78, 5) is 0. The van der Waals surface area contributed by atoms with E-state index < -0.39 is 0 Å². The van der Waals surface area contributed by atoms with Crippen LogP contribution in [0.25, 0.3) is 0 Å². The molecule has 14 heavy (non-hydrogen) atoms. The van der Waals surface area contributed by atoms with Gasteiger partial charge in [-0.15, -0.1) is 0 Å². The molecular formula is C13H27N. The van der Waals surface area contributed by atoms with E-state index in [0.29, 0.717) is 17.4 Å². The summed E-state index contributed by atoms with van der Waals surface area (Å²) in [5.41, 5.74) is 6.08. The van der Waals surface area contributed by atoms with Crippen LogP contribution in [0.2, 0.25) is 0 Å². The van der Waals surface area contributed by atoms with Gasteiger partial charge in [-0.1, -0.05) is 41.5 Å². The molecule has 0 aliphatic rings. The van der Waals surface area contributed by atoms with E-state index in [1.165, 1.54) is 6.42 Å². The van der Waals surface area contributed by atoms with E-state index in [1.807, 2.05) is 0 Å². The van der Waals surface area contributed by atoms with Crippen LogP contribution in [0.15, 0.2) is 0 Å². The molecule has 2 N–H and O–H groups in total. The second-order valence-electron chi connectivity index (χ2n) is 6.04. The molecule has 0 spiro atoms. The zero-order valence-corrected chi connectivity index (χ0v) is 10.8. The Morgan fingerprint density at radius 3 is 1.71 bits per heavy atom. The van der Waals surface area contributed by atoms with Crippen LogP contribution in [0, 0.1) is 23.2 Å². The van der Waals surface area contributed by atoms with Gasteiger partial charge in [-0.25, -0.2) is 0 Å². The number of rotatable bonds is 4. The molecule has 0 saturated heterocycles. The maximum absolute atomic E-state index is 5.47. The van der Waals surface area contributed by atoms with Gasteiger partial charge in [0.05, 0.1) is 0 Å². The Hall–Kier alpha value is -0.0400. The highest BCUT2D eigenvalue weighted by atomic mass is 14.5. The average molecular weight is 197 g/mol. The van der Waals surface area contributed by atoms with Gasteiger partial charge in [0, 0.05) is 0 Å². The first-order chi connectivity index (χ1) is 6.19. The molecule has 0 fully saturated rings. The molecule has 0 atom stereocenters. The predicted molar refractivity (Wildman–Crippen MR) is 64.7 cm³/mol. The van der Waals surface area contributed by atoms with Gasteiger partial charge in [0.1, 0.15) is 0 Å². The molecule has 0 amide bonds. The smallest absolute Gasteiger partial charge is 0.00457 e. The molecule has 0 heterocycles. The molecule has 1 heteroatoms. The molecule has 0 aliphatic heterocycles. The Balaban J connectivity index is 4.28. The van der Waals surface area contributed by atoms with Gasteiger partial charge in [-0.3, -0.25) is 0 Å². The first-order valence-electron chi connectivity index (χ1n) is 5.58. The third-order valence-electron chi connectivity index (χ3n) is 2.58. The van der Waals surface area contributed by atoms with Crippen molar-refractivity contribution in [1.29, 1.82) is 0 Å². The van der Waals surface area contributed by atoms with Gasteiger partial charge in [0.2, 0.25) is 0 Å². The third kappa shape index (κ3) is 4.99. The van der Waals surface area contributed by atoms with Gasteiger partial charge < -0.3 is 5.73 Å². The summed E-state index contributed by atoms with van der Waals surface area (Å²) < 4.78 is 0. The van der Waals surface area contributed by atoms with E-state index in [0.717, 1.165) is 6.42 Å². The van der Waals surface area contributed by atoms with Crippen molar-refractivity contribution < 1.29 is 0 Å². The van der Waals surface area contributed by atoms with Crippen LogP contribution < -0.4 is 5.73 Å². The van der Waals surface area contributed by atoms with E-state index in [-0.39, 0.29) is 0 Å². The highest BCUT2D eigenvalue weighted by molar-refractivity contribution is 5.09. The van der Waals surface area contributed by atoms with Crippen LogP contribution in [-0.2, 0) is 0 Å². The minimum Gasteiger partial charge on any atom is -0.330 e. The Morgan fingerprint density at radius 2 is 1.43 bits per heavy atom. The zero-order valence-electron chi connectivity index (χ0n) is 10.8. The summed E-state index contributed by atoms with van der Waals surface area (Å²) in [5.74, 6) is 1.63. The van der Waals surface area contributed by atoms with Crippen LogP contribution in [0.3, 0.4) is 0 Å². The molecule has 0 aromatic rings. The molecule has 0 bridgehead atoms. The summed E-state index contributed by atoms with van der Waals surface area (Å²) in [6.07, 6.45) is 4.45. The van der Waals surface area contributed by atoms with Gasteiger partial charge in [-0.05, 0) is 42.6 Å². The maximum atomic E-state index is 5.47. The first-order valence-corrected chi connectivity index (χ1v) is 5.58. The standard InChI is InChI=1S/C13H27N/c1-12(2,3)11(13(4,5)6)9-7-8-10-14/h8H,7,9-10,14H2,1-6H3. The molecular weight excluding hydrogens is 170 g/mol. The molecule has 0 aromatic carbocycles. The van der Waals surface area contributed by atoms with E-state index in [1.54, 1.807) is 5.92 Å². The minimum atomic E-state index is 0.306. The van der Waals surface area contributed by atoms with Crippen molar-refractivity contribution in [2.45, 2.75) is 54.4 Å². The molecule has 0 saturated carbocycles. The fraction of sp³-hybridized carbons (Fsp3) is 0.846. The van der Waals surface area contributed by atoms with Crippen molar-refractivity contribution in [3.8, 4) is 0 Å². The molecule has 0 aromatic heterocycles. The van der Waals surface area contributed by atoms with Crippen molar-refractivity contribution >= 4 is 0 Å². The Bertz CT molecular complexity index is 134. The fourth-order valence-electron chi connectivity index (χ4n) is 2.24. The summed E-state index contributed by atoms with van der Waals surface area (Å²) in [6.45, 7) is 14.5. The highest BCUT2D eigenvalue weighted by Gasteiger charge is 2.34. The second-order valence-corrected chi connectivity index (χ2v) is 6.04. The van der Waals surface area contributed by atoms with Crippen molar-refractivity contribution in [2.24, 2.45) is 16.6 Å². The quantitative estimate of drug-likeness (QED) is 0.685. The van der Waals surface area contributed by atoms with Crippen LogP contribution >= 0.6 is 0 Å². The Kier molecular flexibility index (Phi) is 5.14. The predicted octanol–water partition coefficient (Wildman–Crippen LogP) is 3.60. The van der Waals surface area contributed by atoms with Crippen LogP contribution in [0.4, 0.5) is 0 Å². The fourth-order valence-corrected chi connectivity index (χ4v) is 2.24. The zero-order chi connectivity index (χ0) is 11.4. The number of hydrogen-bond acceptors (Lipinski definition) is 1.